The number of hydrogen-bond donors (Lipinski definition) is 1. The number of amides is 1. The quantitative estimate of drug-likeness (QED) is 0.629. The number of aryl methyl sites for hydroxylation is 2. The summed E-state index contributed by atoms with van der Waals surface area (Å²) in [4.78, 5) is 14.1. The Morgan fingerprint density at radius 3 is 2.46 bits per heavy atom. The average Bonchev–Trinajstić information content (AvgIpc) is 2.93. The smallest absolute Gasteiger partial charge is 0.255 e. The van der Waals surface area contributed by atoms with Gasteiger partial charge in [0.25, 0.3) is 5.91 Å². The summed E-state index contributed by atoms with van der Waals surface area (Å²) >= 11 is 1.55. The molecule has 1 heterocycles. The topological polar surface area (TPSA) is 78.8 Å². The van der Waals surface area contributed by atoms with Gasteiger partial charge in [-0.2, -0.15) is 9.41 Å². The van der Waals surface area contributed by atoms with E-state index in [2.05, 4.69) is 10.5 Å². The van der Waals surface area contributed by atoms with Gasteiger partial charge in [0.15, 0.2) is 0 Å². The Kier molecular flexibility index (Phi) is 5.87. The lowest BCUT2D eigenvalue weighted by molar-refractivity contribution is -0.121. The number of benzene rings is 1. The Hall–Kier alpha value is -2.03. The van der Waals surface area contributed by atoms with Crippen molar-refractivity contribution in [2.75, 3.05) is 13.6 Å². The van der Waals surface area contributed by atoms with Crippen molar-refractivity contribution in [2.45, 2.75) is 18.7 Å². The summed E-state index contributed by atoms with van der Waals surface area (Å²) in [5.74, 6) is -0.502. The lowest BCUT2D eigenvalue weighted by Gasteiger charge is -2.16. The Labute approximate surface area is 145 Å². The maximum Gasteiger partial charge on any atom is 0.255 e. The maximum atomic E-state index is 12.4. The number of sulfonamides is 1. The molecule has 0 spiro atoms. The second kappa shape index (κ2) is 7.69. The van der Waals surface area contributed by atoms with Crippen LogP contribution < -0.4 is 5.43 Å². The van der Waals surface area contributed by atoms with Crippen molar-refractivity contribution < 1.29 is 13.2 Å². The third-order valence-corrected chi connectivity index (χ3v) is 5.99. The standard InChI is InChI=1S/C16H19N3O3S2/c1-12-4-8-15(9-5-12)24(21,22)19(3)11-16(20)18-17-10-14-7-6-13(2)23-14/h4-10H,11H2,1-3H3,(H,18,20)/b17-10-. The molecule has 1 aromatic heterocycles. The Morgan fingerprint density at radius 1 is 1.21 bits per heavy atom. The summed E-state index contributed by atoms with van der Waals surface area (Å²) in [5, 5.41) is 3.84. The highest BCUT2D eigenvalue weighted by Crippen LogP contribution is 2.15. The van der Waals surface area contributed by atoms with Crippen LogP contribution in [0.3, 0.4) is 0 Å². The van der Waals surface area contributed by atoms with Gasteiger partial charge in [-0.3, -0.25) is 4.79 Å². The first-order valence-corrected chi connectivity index (χ1v) is 9.46. The molecular weight excluding hydrogens is 346 g/mol. The number of rotatable bonds is 6. The molecule has 1 N–H and O–H groups in total. The molecule has 0 fully saturated rings. The lowest BCUT2D eigenvalue weighted by Crippen LogP contribution is -2.36. The molecule has 8 heteroatoms. The fourth-order valence-corrected chi connectivity index (χ4v) is 3.78. The van der Waals surface area contributed by atoms with Crippen molar-refractivity contribution in [1.82, 2.24) is 9.73 Å². The summed E-state index contributed by atoms with van der Waals surface area (Å²) in [5.41, 5.74) is 3.30. The molecule has 6 nitrogen and oxygen atoms in total. The first-order valence-electron chi connectivity index (χ1n) is 7.20. The van der Waals surface area contributed by atoms with Gasteiger partial charge < -0.3 is 0 Å². The molecule has 0 unspecified atom stereocenters. The van der Waals surface area contributed by atoms with Crippen molar-refractivity contribution in [2.24, 2.45) is 5.10 Å². The van der Waals surface area contributed by atoms with Crippen LogP contribution in [-0.2, 0) is 14.8 Å². The molecule has 1 amide bonds. The number of thiophene rings is 1. The number of nitrogens with zero attached hydrogens (tertiary/aromatic N) is 2. The lowest BCUT2D eigenvalue weighted by atomic mass is 10.2. The fraction of sp³-hybridized carbons (Fsp3) is 0.250. The van der Waals surface area contributed by atoms with Crippen molar-refractivity contribution in [3.05, 3.63) is 51.7 Å². The van der Waals surface area contributed by atoms with Crippen LogP contribution in [0, 0.1) is 13.8 Å². The summed E-state index contributed by atoms with van der Waals surface area (Å²) in [7, 11) is -2.34. The average molecular weight is 365 g/mol. The van der Waals surface area contributed by atoms with Gasteiger partial charge in [-0.25, -0.2) is 13.8 Å². The van der Waals surface area contributed by atoms with Gasteiger partial charge in [-0.05, 0) is 38.1 Å². The van der Waals surface area contributed by atoms with Crippen LogP contribution in [0.25, 0.3) is 0 Å². The molecule has 2 rings (SSSR count). The SMILES string of the molecule is Cc1ccc(S(=O)(=O)N(C)CC(=O)N/N=C\c2ccc(C)s2)cc1. The van der Waals surface area contributed by atoms with E-state index in [9.17, 15) is 13.2 Å². The minimum atomic E-state index is -3.70. The van der Waals surface area contributed by atoms with Gasteiger partial charge in [0.05, 0.1) is 17.7 Å². The largest absolute Gasteiger partial charge is 0.272 e. The molecule has 2 aromatic rings. The third-order valence-electron chi connectivity index (χ3n) is 3.24. The van der Waals surface area contributed by atoms with Gasteiger partial charge in [0.2, 0.25) is 10.0 Å². The minimum absolute atomic E-state index is 0.154. The molecule has 0 saturated carbocycles. The molecule has 0 aliphatic heterocycles. The van der Waals surface area contributed by atoms with Crippen LogP contribution in [0.15, 0.2) is 46.4 Å². The van der Waals surface area contributed by atoms with Crippen LogP contribution in [0.1, 0.15) is 15.3 Å². The molecule has 0 aliphatic rings. The number of nitrogens with one attached hydrogen (secondary N) is 1. The molecule has 0 saturated heterocycles. The fourth-order valence-electron chi connectivity index (χ4n) is 1.90. The second-order valence-corrected chi connectivity index (χ2v) is 8.68. The van der Waals surface area contributed by atoms with E-state index in [1.165, 1.54) is 25.4 Å². The predicted octanol–water partition coefficient (Wildman–Crippen LogP) is 2.14. The highest BCUT2D eigenvalue weighted by molar-refractivity contribution is 7.89. The molecular formula is C16H19N3O3S2. The van der Waals surface area contributed by atoms with Gasteiger partial charge in [-0.1, -0.05) is 17.7 Å². The first kappa shape index (κ1) is 18.3. The number of likely N-dealkylation sites (N-methyl/N-ethyl adjacent to an activating group) is 1. The summed E-state index contributed by atoms with van der Waals surface area (Å²) in [6.45, 7) is 3.54. The summed E-state index contributed by atoms with van der Waals surface area (Å²) in [6.07, 6.45) is 1.53. The van der Waals surface area contributed by atoms with E-state index in [4.69, 9.17) is 0 Å². The highest BCUT2D eigenvalue weighted by Gasteiger charge is 2.22. The normalized spacial score (nSPS) is 12.0. The number of carbonyl (C=O) groups excluding carboxylic acids is 1. The van der Waals surface area contributed by atoms with Crippen molar-refractivity contribution in [3.63, 3.8) is 0 Å². The van der Waals surface area contributed by atoms with Crippen LogP contribution in [0.2, 0.25) is 0 Å². The van der Waals surface area contributed by atoms with Crippen LogP contribution in [-0.4, -0.2) is 38.4 Å². The molecule has 1 aromatic carbocycles. The zero-order valence-electron chi connectivity index (χ0n) is 13.7. The van der Waals surface area contributed by atoms with Crippen LogP contribution in [0.4, 0.5) is 0 Å². The highest BCUT2D eigenvalue weighted by atomic mass is 32.2. The second-order valence-electron chi connectivity index (χ2n) is 5.32. The minimum Gasteiger partial charge on any atom is -0.272 e. The Morgan fingerprint density at radius 2 is 1.88 bits per heavy atom. The number of hydrogen-bond acceptors (Lipinski definition) is 5. The van der Waals surface area contributed by atoms with Crippen LogP contribution >= 0.6 is 11.3 Å². The molecule has 128 valence electrons. The maximum absolute atomic E-state index is 12.4. The van der Waals surface area contributed by atoms with E-state index < -0.39 is 15.9 Å². The monoisotopic (exact) mass is 365 g/mol. The van der Waals surface area contributed by atoms with Gasteiger partial charge >= 0.3 is 0 Å². The van der Waals surface area contributed by atoms with E-state index in [0.717, 1.165) is 19.6 Å². The molecule has 0 radical (unpaired) electrons. The molecule has 0 atom stereocenters. The summed E-state index contributed by atoms with van der Waals surface area (Å²) < 4.78 is 25.8. The summed E-state index contributed by atoms with van der Waals surface area (Å²) in [6, 6.07) is 10.3. The van der Waals surface area contributed by atoms with Gasteiger partial charge in [-0.15, -0.1) is 11.3 Å². The molecule has 0 aliphatic carbocycles. The van der Waals surface area contributed by atoms with Gasteiger partial charge in [0, 0.05) is 16.8 Å². The van der Waals surface area contributed by atoms with Crippen molar-refractivity contribution in [3.8, 4) is 0 Å². The van der Waals surface area contributed by atoms with Crippen molar-refractivity contribution in [1.29, 1.82) is 0 Å². The zero-order valence-corrected chi connectivity index (χ0v) is 15.3. The van der Waals surface area contributed by atoms with E-state index in [1.807, 2.05) is 26.0 Å². The molecule has 24 heavy (non-hydrogen) atoms. The predicted molar refractivity (Wildman–Crippen MR) is 95.8 cm³/mol. The van der Waals surface area contributed by atoms with Crippen molar-refractivity contribution >= 4 is 33.5 Å². The van der Waals surface area contributed by atoms with Gasteiger partial charge in [0.1, 0.15) is 0 Å². The zero-order chi connectivity index (χ0) is 17.7. The van der Waals surface area contributed by atoms with E-state index in [0.29, 0.717) is 0 Å². The van der Waals surface area contributed by atoms with E-state index >= 15 is 0 Å². The number of carbonyl (C=O) groups is 1. The van der Waals surface area contributed by atoms with E-state index in [1.54, 1.807) is 23.5 Å². The third kappa shape index (κ3) is 4.73. The Balaban J connectivity index is 1.95. The molecule has 0 bridgehead atoms. The van der Waals surface area contributed by atoms with E-state index in [-0.39, 0.29) is 11.4 Å². The Bertz CT molecular complexity index is 840. The van der Waals surface area contributed by atoms with Crippen LogP contribution in [0.5, 0.6) is 0 Å². The number of hydrazone groups is 1. The first-order chi connectivity index (χ1) is 11.3.